The van der Waals surface area contributed by atoms with Crippen LogP contribution < -0.4 is 10.6 Å². The Labute approximate surface area is 154 Å². The molecule has 0 aliphatic carbocycles. The van der Waals surface area contributed by atoms with Gasteiger partial charge in [0, 0.05) is 29.8 Å². The molecule has 0 saturated heterocycles. The number of fused-ring (bicyclic) bond motifs is 1. The van der Waals surface area contributed by atoms with Gasteiger partial charge in [0.15, 0.2) is 0 Å². The van der Waals surface area contributed by atoms with Crippen molar-refractivity contribution in [2.45, 2.75) is 13.8 Å². The van der Waals surface area contributed by atoms with E-state index in [0.29, 0.717) is 38.6 Å². The van der Waals surface area contributed by atoms with Crippen LogP contribution in [0.25, 0.3) is 10.9 Å². The van der Waals surface area contributed by atoms with E-state index in [1.807, 2.05) is 0 Å². The van der Waals surface area contributed by atoms with Crippen LogP contribution in [-0.4, -0.2) is 16.8 Å². The Morgan fingerprint density at radius 3 is 2.58 bits per heavy atom. The second-order valence-electron chi connectivity index (χ2n) is 5.80. The first kappa shape index (κ1) is 17.8. The van der Waals surface area contributed by atoms with Crippen LogP contribution in [-0.2, 0) is 4.79 Å². The summed E-state index contributed by atoms with van der Waals surface area (Å²) in [6, 6.07) is 10.5. The summed E-state index contributed by atoms with van der Waals surface area (Å²) < 4.78 is 13.4. The molecular formula is C19H15ClFN3O2. The number of carbonyl (C=O) groups is 2. The lowest BCUT2D eigenvalue weighted by molar-refractivity contribution is -0.114. The summed E-state index contributed by atoms with van der Waals surface area (Å²) in [6.07, 6.45) is 0. The number of amides is 2. The van der Waals surface area contributed by atoms with Gasteiger partial charge in [-0.1, -0.05) is 11.6 Å². The zero-order valence-corrected chi connectivity index (χ0v) is 14.8. The van der Waals surface area contributed by atoms with E-state index in [4.69, 9.17) is 11.6 Å². The van der Waals surface area contributed by atoms with Crippen LogP contribution >= 0.6 is 11.6 Å². The highest BCUT2D eigenvalue weighted by Crippen LogP contribution is 2.27. The van der Waals surface area contributed by atoms with Gasteiger partial charge in [-0.3, -0.25) is 14.6 Å². The van der Waals surface area contributed by atoms with Crippen molar-refractivity contribution >= 4 is 45.7 Å². The van der Waals surface area contributed by atoms with Gasteiger partial charge >= 0.3 is 0 Å². The lowest BCUT2D eigenvalue weighted by Crippen LogP contribution is -2.14. The fourth-order valence-corrected chi connectivity index (χ4v) is 2.77. The second kappa shape index (κ2) is 7.09. The average molecular weight is 372 g/mol. The third-order valence-electron chi connectivity index (χ3n) is 3.68. The predicted octanol–water partition coefficient (Wildman–Crippen LogP) is 4.55. The monoisotopic (exact) mass is 371 g/mol. The molecule has 0 saturated carbocycles. The van der Waals surface area contributed by atoms with E-state index in [0.717, 1.165) is 0 Å². The summed E-state index contributed by atoms with van der Waals surface area (Å²) >= 11 is 6.04. The molecule has 3 rings (SSSR count). The minimum atomic E-state index is -0.417. The van der Waals surface area contributed by atoms with Crippen molar-refractivity contribution in [2.24, 2.45) is 0 Å². The highest BCUT2D eigenvalue weighted by Gasteiger charge is 2.14. The maximum atomic E-state index is 13.4. The lowest BCUT2D eigenvalue weighted by atomic mass is 10.1. The van der Waals surface area contributed by atoms with Gasteiger partial charge in [0.05, 0.1) is 21.8 Å². The topological polar surface area (TPSA) is 71.1 Å². The lowest BCUT2D eigenvalue weighted by Gasteiger charge is -2.11. The van der Waals surface area contributed by atoms with Crippen LogP contribution in [0.3, 0.4) is 0 Å². The van der Waals surface area contributed by atoms with Gasteiger partial charge in [-0.05, 0) is 43.3 Å². The Morgan fingerprint density at radius 1 is 1.08 bits per heavy atom. The Kier molecular flexibility index (Phi) is 4.86. The summed E-state index contributed by atoms with van der Waals surface area (Å²) in [7, 11) is 0. The van der Waals surface area contributed by atoms with Crippen LogP contribution in [0.15, 0.2) is 42.5 Å². The highest BCUT2D eigenvalue weighted by molar-refractivity contribution is 6.33. The molecule has 0 fully saturated rings. The smallest absolute Gasteiger partial charge is 0.256 e. The van der Waals surface area contributed by atoms with Crippen molar-refractivity contribution < 1.29 is 14.0 Å². The minimum Gasteiger partial charge on any atom is -0.325 e. The Bertz CT molecular complexity index is 1030. The first-order chi connectivity index (χ1) is 12.3. The fraction of sp³-hybridized carbons (Fsp3) is 0.105. The molecule has 1 heterocycles. The molecular weight excluding hydrogens is 357 g/mol. The number of pyridine rings is 1. The number of nitrogens with zero attached hydrogens (tertiary/aromatic N) is 1. The number of rotatable bonds is 3. The van der Waals surface area contributed by atoms with Gasteiger partial charge in [-0.15, -0.1) is 0 Å². The molecule has 0 atom stereocenters. The molecule has 3 aromatic rings. The predicted molar refractivity (Wildman–Crippen MR) is 100 cm³/mol. The zero-order chi connectivity index (χ0) is 18.8. The number of benzene rings is 2. The normalized spacial score (nSPS) is 10.6. The number of nitrogens with one attached hydrogen (secondary N) is 2. The summed E-state index contributed by atoms with van der Waals surface area (Å²) in [5, 5.41) is 6.27. The summed E-state index contributed by atoms with van der Waals surface area (Å²) in [6.45, 7) is 3.10. The van der Waals surface area contributed by atoms with E-state index in [-0.39, 0.29) is 11.8 Å². The van der Waals surface area contributed by atoms with Crippen LogP contribution in [0.1, 0.15) is 23.0 Å². The molecule has 0 bridgehead atoms. The van der Waals surface area contributed by atoms with Crippen molar-refractivity contribution in [3.8, 4) is 0 Å². The van der Waals surface area contributed by atoms with Gasteiger partial charge in [0.25, 0.3) is 5.91 Å². The summed E-state index contributed by atoms with van der Waals surface area (Å²) in [5.41, 5.74) is 2.25. The maximum Gasteiger partial charge on any atom is 0.256 e. The largest absolute Gasteiger partial charge is 0.325 e. The fourth-order valence-electron chi connectivity index (χ4n) is 2.61. The molecule has 0 aliphatic heterocycles. The molecule has 0 aliphatic rings. The molecule has 1 aromatic heterocycles. The van der Waals surface area contributed by atoms with E-state index < -0.39 is 5.82 Å². The zero-order valence-electron chi connectivity index (χ0n) is 14.1. The minimum absolute atomic E-state index is 0.270. The van der Waals surface area contributed by atoms with E-state index in [2.05, 4.69) is 15.6 Å². The van der Waals surface area contributed by atoms with Gasteiger partial charge < -0.3 is 10.6 Å². The molecule has 0 unspecified atom stereocenters. The number of hydrogen-bond donors (Lipinski definition) is 2. The van der Waals surface area contributed by atoms with Crippen LogP contribution in [0.5, 0.6) is 0 Å². The van der Waals surface area contributed by atoms with Gasteiger partial charge in [-0.25, -0.2) is 4.39 Å². The first-order valence-corrected chi connectivity index (χ1v) is 8.16. The Hall–Kier alpha value is -2.99. The van der Waals surface area contributed by atoms with Gasteiger partial charge in [0.1, 0.15) is 5.82 Å². The SMILES string of the molecule is CC(=O)Nc1cc(NC(=O)c2cc(C)nc3cc(F)ccc23)ccc1Cl. The van der Waals surface area contributed by atoms with E-state index in [1.54, 1.807) is 31.2 Å². The number of aromatic nitrogens is 1. The third-order valence-corrected chi connectivity index (χ3v) is 4.01. The quantitative estimate of drug-likeness (QED) is 0.709. The van der Waals surface area contributed by atoms with Crippen LogP contribution in [0.4, 0.5) is 15.8 Å². The number of carbonyl (C=O) groups excluding carboxylic acids is 2. The van der Waals surface area contributed by atoms with Crippen molar-refractivity contribution in [1.82, 2.24) is 4.98 Å². The molecule has 7 heteroatoms. The summed E-state index contributed by atoms with van der Waals surface area (Å²) in [4.78, 5) is 28.2. The van der Waals surface area contributed by atoms with Crippen molar-refractivity contribution in [3.05, 3.63) is 64.6 Å². The standard InChI is InChI=1S/C19H15ClFN3O2/c1-10-7-15(14-5-3-12(21)8-17(14)22-10)19(26)24-13-4-6-16(20)18(9-13)23-11(2)25/h3-9H,1-2H3,(H,23,25)(H,24,26). The molecule has 0 radical (unpaired) electrons. The number of hydrogen-bond acceptors (Lipinski definition) is 3. The van der Waals surface area contributed by atoms with Crippen LogP contribution in [0.2, 0.25) is 5.02 Å². The van der Waals surface area contributed by atoms with Gasteiger partial charge in [-0.2, -0.15) is 0 Å². The Morgan fingerprint density at radius 2 is 1.85 bits per heavy atom. The summed E-state index contributed by atoms with van der Waals surface area (Å²) in [5.74, 6) is -1.06. The van der Waals surface area contributed by atoms with E-state index in [1.165, 1.54) is 25.1 Å². The number of aryl methyl sites for hydroxylation is 1. The molecule has 2 N–H and O–H groups in total. The van der Waals surface area contributed by atoms with Crippen molar-refractivity contribution in [2.75, 3.05) is 10.6 Å². The highest BCUT2D eigenvalue weighted by atomic mass is 35.5. The Balaban J connectivity index is 1.96. The van der Waals surface area contributed by atoms with Crippen molar-refractivity contribution in [3.63, 3.8) is 0 Å². The number of halogens is 2. The number of anilines is 2. The average Bonchev–Trinajstić information content (AvgIpc) is 2.56. The van der Waals surface area contributed by atoms with Crippen LogP contribution in [0, 0.1) is 12.7 Å². The molecule has 5 nitrogen and oxygen atoms in total. The third kappa shape index (κ3) is 3.81. The van der Waals surface area contributed by atoms with E-state index >= 15 is 0 Å². The second-order valence-corrected chi connectivity index (χ2v) is 6.21. The molecule has 2 amide bonds. The molecule has 26 heavy (non-hydrogen) atoms. The maximum absolute atomic E-state index is 13.4. The molecule has 132 valence electrons. The molecule has 2 aromatic carbocycles. The molecule has 0 spiro atoms. The van der Waals surface area contributed by atoms with E-state index in [9.17, 15) is 14.0 Å². The first-order valence-electron chi connectivity index (χ1n) is 7.79. The van der Waals surface area contributed by atoms with Crippen molar-refractivity contribution in [1.29, 1.82) is 0 Å². The van der Waals surface area contributed by atoms with Gasteiger partial charge in [0.2, 0.25) is 5.91 Å².